The lowest BCUT2D eigenvalue weighted by Gasteiger charge is -2.27. The van der Waals surface area contributed by atoms with Crippen LogP contribution in [0.2, 0.25) is 0 Å². The van der Waals surface area contributed by atoms with Gasteiger partial charge in [0.15, 0.2) is 11.6 Å². The lowest BCUT2D eigenvalue weighted by atomic mass is 10.1. The lowest BCUT2D eigenvalue weighted by Crippen LogP contribution is -2.37. The van der Waals surface area contributed by atoms with Crippen LogP contribution in [0.25, 0.3) is 0 Å². The predicted octanol–water partition coefficient (Wildman–Crippen LogP) is 3.80. The van der Waals surface area contributed by atoms with Gasteiger partial charge in [-0.25, -0.2) is 4.39 Å². The Balaban J connectivity index is 1.95. The number of carbonyl (C=O) groups is 2. The van der Waals surface area contributed by atoms with Crippen molar-refractivity contribution in [3.8, 4) is 5.75 Å². The first-order valence-electron chi connectivity index (χ1n) is 8.91. The maximum absolute atomic E-state index is 14.1. The third-order valence-corrected chi connectivity index (χ3v) is 4.75. The van der Waals surface area contributed by atoms with Gasteiger partial charge in [-0.1, -0.05) is 0 Å². The van der Waals surface area contributed by atoms with E-state index in [1.807, 2.05) is 26.0 Å². The Kier molecular flexibility index (Phi) is 5.17. The van der Waals surface area contributed by atoms with Crippen LogP contribution in [0.4, 0.5) is 15.8 Å². The van der Waals surface area contributed by atoms with Crippen LogP contribution in [-0.4, -0.2) is 31.5 Å². The molecule has 1 aliphatic rings. The quantitative estimate of drug-likeness (QED) is 0.823. The molecule has 0 fully saturated rings. The normalized spacial score (nSPS) is 12.9. The molecule has 0 atom stereocenters. The molecule has 0 saturated heterocycles. The average molecular weight is 370 g/mol. The van der Waals surface area contributed by atoms with E-state index in [9.17, 15) is 14.0 Å². The molecule has 1 aliphatic heterocycles. The van der Waals surface area contributed by atoms with Gasteiger partial charge in [-0.15, -0.1) is 0 Å². The molecule has 0 bridgehead atoms. The van der Waals surface area contributed by atoms with Gasteiger partial charge in [-0.3, -0.25) is 9.59 Å². The number of ether oxygens (including phenoxy) is 1. The third-order valence-electron chi connectivity index (χ3n) is 4.75. The molecule has 0 N–H and O–H groups in total. The number of benzene rings is 2. The molecule has 0 saturated carbocycles. The van der Waals surface area contributed by atoms with Crippen LogP contribution in [0.1, 0.15) is 36.7 Å². The van der Waals surface area contributed by atoms with Crippen LogP contribution < -0.4 is 14.5 Å². The molecule has 3 rings (SSSR count). The highest BCUT2D eigenvalue weighted by atomic mass is 19.1. The summed E-state index contributed by atoms with van der Waals surface area (Å²) in [5.74, 6) is -0.597. The summed E-state index contributed by atoms with van der Waals surface area (Å²) in [5, 5.41) is 0. The first-order chi connectivity index (χ1) is 12.8. The molecule has 5 nitrogen and oxygen atoms in total. The predicted molar refractivity (Wildman–Crippen MR) is 103 cm³/mol. The number of fused-ring (bicyclic) bond motifs is 1. The highest BCUT2D eigenvalue weighted by molar-refractivity contribution is 6.07. The maximum Gasteiger partial charge on any atom is 0.258 e. The summed E-state index contributed by atoms with van der Waals surface area (Å²) in [5.41, 5.74) is 2.81. The SMILES string of the molecule is COc1ccc(N(C(=O)c2ccc3c(c2)CCN3C(C)=O)C(C)C)cc1F. The molecule has 27 heavy (non-hydrogen) atoms. The van der Waals surface area contributed by atoms with Gasteiger partial charge in [-0.2, -0.15) is 0 Å². The van der Waals surface area contributed by atoms with Crippen molar-refractivity contribution in [2.45, 2.75) is 33.2 Å². The molecule has 1 heterocycles. The fourth-order valence-electron chi connectivity index (χ4n) is 3.46. The molecule has 0 aliphatic carbocycles. The summed E-state index contributed by atoms with van der Waals surface area (Å²) in [6, 6.07) is 9.69. The van der Waals surface area contributed by atoms with E-state index in [1.54, 1.807) is 21.9 Å². The summed E-state index contributed by atoms with van der Waals surface area (Å²) in [7, 11) is 1.40. The van der Waals surface area contributed by atoms with E-state index in [0.29, 0.717) is 17.8 Å². The monoisotopic (exact) mass is 370 g/mol. The van der Waals surface area contributed by atoms with E-state index < -0.39 is 5.82 Å². The number of hydrogen-bond acceptors (Lipinski definition) is 3. The van der Waals surface area contributed by atoms with E-state index in [2.05, 4.69) is 0 Å². The average Bonchev–Trinajstić information content (AvgIpc) is 3.05. The van der Waals surface area contributed by atoms with Gasteiger partial charge in [0.2, 0.25) is 5.91 Å². The number of hydrogen-bond donors (Lipinski definition) is 0. The summed E-state index contributed by atoms with van der Waals surface area (Å²) in [6.45, 7) is 5.92. The minimum Gasteiger partial charge on any atom is -0.494 e. The van der Waals surface area contributed by atoms with Crippen LogP contribution in [0.3, 0.4) is 0 Å². The van der Waals surface area contributed by atoms with Crippen LogP contribution in [0, 0.1) is 5.82 Å². The van der Waals surface area contributed by atoms with Gasteiger partial charge < -0.3 is 14.5 Å². The second kappa shape index (κ2) is 7.39. The largest absolute Gasteiger partial charge is 0.494 e. The van der Waals surface area contributed by atoms with Crippen molar-refractivity contribution in [3.05, 3.63) is 53.3 Å². The highest BCUT2D eigenvalue weighted by Gasteiger charge is 2.26. The van der Waals surface area contributed by atoms with Crippen molar-refractivity contribution in [1.82, 2.24) is 0 Å². The summed E-state index contributed by atoms with van der Waals surface area (Å²) < 4.78 is 19.1. The fraction of sp³-hybridized carbons (Fsp3) is 0.333. The molecule has 0 radical (unpaired) electrons. The Morgan fingerprint density at radius 1 is 1.19 bits per heavy atom. The van der Waals surface area contributed by atoms with Crippen molar-refractivity contribution in [2.75, 3.05) is 23.5 Å². The first kappa shape index (κ1) is 18.9. The van der Waals surface area contributed by atoms with Gasteiger partial charge in [0.25, 0.3) is 5.91 Å². The van der Waals surface area contributed by atoms with E-state index in [4.69, 9.17) is 4.74 Å². The Morgan fingerprint density at radius 2 is 1.93 bits per heavy atom. The van der Waals surface area contributed by atoms with Crippen molar-refractivity contribution in [2.24, 2.45) is 0 Å². The van der Waals surface area contributed by atoms with Gasteiger partial charge >= 0.3 is 0 Å². The van der Waals surface area contributed by atoms with Crippen molar-refractivity contribution in [3.63, 3.8) is 0 Å². The molecule has 2 aromatic carbocycles. The van der Waals surface area contributed by atoms with Gasteiger partial charge in [0.05, 0.1) is 7.11 Å². The van der Waals surface area contributed by atoms with Crippen molar-refractivity contribution in [1.29, 1.82) is 0 Å². The first-order valence-corrected chi connectivity index (χ1v) is 8.91. The van der Waals surface area contributed by atoms with Gasteiger partial charge in [0.1, 0.15) is 0 Å². The summed E-state index contributed by atoms with van der Waals surface area (Å²) in [6.07, 6.45) is 0.717. The zero-order chi connectivity index (χ0) is 19.7. The lowest BCUT2D eigenvalue weighted by molar-refractivity contribution is -0.116. The van der Waals surface area contributed by atoms with E-state index >= 15 is 0 Å². The number of halogens is 1. The molecule has 142 valence electrons. The Morgan fingerprint density at radius 3 is 2.52 bits per heavy atom. The maximum atomic E-state index is 14.1. The molecule has 2 aromatic rings. The Bertz CT molecular complexity index is 895. The third kappa shape index (κ3) is 3.52. The topological polar surface area (TPSA) is 49.9 Å². The van der Waals surface area contributed by atoms with Gasteiger partial charge in [-0.05, 0) is 56.2 Å². The van der Waals surface area contributed by atoms with E-state index in [0.717, 1.165) is 17.7 Å². The zero-order valence-electron chi connectivity index (χ0n) is 16.0. The molecule has 0 aromatic heterocycles. The second-order valence-electron chi connectivity index (χ2n) is 6.85. The smallest absolute Gasteiger partial charge is 0.258 e. The van der Waals surface area contributed by atoms with Crippen LogP contribution in [0.5, 0.6) is 5.75 Å². The number of methoxy groups -OCH3 is 1. The zero-order valence-corrected chi connectivity index (χ0v) is 16.0. The number of amides is 2. The minimum absolute atomic E-state index is 0.00894. The molecule has 0 unspecified atom stereocenters. The number of anilines is 2. The Labute approximate surface area is 158 Å². The van der Waals surface area contributed by atoms with Crippen LogP contribution >= 0.6 is 0 Å². The van der Waals surface area contributed by atoms with Crippen LogP contribution in [-0.2, 0) is 11.2 Å². The minimum atomic E-state index is -0.514. The van der Waals surface area contributed by atoms with Crippen LogP contribution in [0.15, 0.2) is 36.4 Å². The van der Waals surface area contributed by atoms with E-state index in [-0.39, 0.29) is 23.6 Å². The molecule has 2 amide bonds. The number of carbonyl (C=O) groups excluding carboxylic acids is 2. The second-order valence-corrected chi connectivity index (χ2v) is 6.85. The van der Waals surface area contributed by atoms with Crippen molar-refractivity contribution >= 4 is 23.2 Å². The van der Waals surface area contributed by atoms with E-state index in [1.165, 1.54) is 26.2 Å². The molecular weight excluding hydrogens is 347 g/mol. The number of rotatable bonds is 4. The summed E-state index contributed by atoms with van der Waals surface area (Å²) >= 11 is 0. The molecule has 6 heteroatoms. The summed E-state index contributed by atoms with van der Waals surface area (Å²) in [4.78, 5) is 28.1. The number of nitrogens with zero attached hydrogens (tertiary/aromatic N) is 2. The molecule has 0 spiro atoms. The fourth-order valence-corrected chi connectivity index (χ4v) is 3.46. The standard InChI is InChI=1S/C21H23FN2O3/c1-13(2)24(17-6-8-20(27-4)18(22)12-17)21(26)16-5-7-19-15(11-16)9-10-23(19)14(3)25/h5-8,11-13H,9-10H2,1-4H3. The Hall–Kier alpha value is -2.89. The van der Waals surface area contributed by atoms with Crippen molar-refractivity contribution < 1.29 is 18.7 Å². The molecular formula is C21H23FN2O3. The van der Waals surface area contributed by atoms with Gasteiger partial charge in [0, 0.05) is 42.5 Å². The highest BCUT2D eigenvalue weighted by Crippen LogP contribution is 2.31.